The van der Waals surface area contributed by atoms with Gasteiger partial charge in [0.05, 0.1) is 0 Å². The molecule has 0 saturated heterocycles. The summed E-state index contributed by atoms with van der Waals surface area (Å²) < 4.78 is 8.88. The third-order valence-corrected chi connectivity index (χ3v) is 2.49. The van der Waals surface area contributed by atoms with Gasteiger partial charge in [-0.2, -0.15) is 0 Å². The van der Waals surface area contributed by atoms with Crippen molar-refractivity contribution in [3.8, 4) is 0 Å². The van der Waals surface area contributed by atoms with Crippen LogP contribution in [0.5, 0.6) is 0 Å². The zero-order valence-corrected chi connectivity index (χ0v) is 12.4. The van der Waals surface area contributed by atoms with Gasteiger partial charge in [0.25, 0.3) is 0 Å². The van der Waals surface area contributed by atoms with Crippen molar-refractivity contribution in [3.63, 3.8) is 0 Å². The summed E-state index contributed by atoms with van der Waals surface area (Å²) in [5, 5.41) is 0. The maximum atomic E-state index is 8.88. The highest BCUT2D eigenvalue weighted by Gasteiger charge is 2.08. The lowest BCUT2D eigenvalue weighted by molar-refractivity contribution is 0.256. The fourth-order valence-corrected chi connectivity index (χ4v) is 1.62. The van der Waals surface area contributed by atoms with Gasteiger partial charge in [-0.3, -0.25) is 0 Å². The van der Waals surface area contributed by atoms with Gasteiger partial charge in [-0.25, -0.2) is 4.57 Å². The number of rotatable bonds is 7. The van der Waals surface area contributed by atoms with Crippen molar-refractivity contribution < 1.29 is 19.2 Å². The molecule has 0 aliphatic heterocycles. The lowest BCUT2D eigenvalue weighted by Crippen LogP contribution is -2.27. The Balaban J connectivity index is 0. The summed E-state index contributed by atoms with van der Waals surface area (Å²) in [7, 11) is -0.238. The predicted molar refractivity (Wildman–Crippen MR) is 70.8 cm³/mol. The van der Waals surface area contributed by atoms with E-state index in [0.717, 1.165) is 6.04 Å². The fourth-order valence-electron chi connectivity index (χ4n) is 1.62. The molecule has 5 nitrogen and oxygen atoms in total. The van der Waals surface area contributed by atoms with Gasteiger partial charge in [0.2, 0.25) is 0 Å². The molecule has 0 aromatic rings. The van der Waals surface area contributed by atoms with E-state index in [1.54, 1.807) is 0 Å². The van der Waals surface area contributed by atoms with Crippen molar-refractivity contribution in [1.82, 2.24) is 4.90 Å². The van der Waals surface area contributed by atoms with Crippen molar-refractivity contribution in [1.29, 1.82) is 0 Å². The van der Waals surface area contributed by atoms with E-state index in [2.05, 4.69) is 32.8 Å². The molecule has 0 fully saturated rings. The molecule has 0 aromatic carbocycles. The Morgan fingerprint density at radius 3 is 1.76 bits per heavy atom. The van der Waals surface area contributed by atoms with E-state index in [1.165, 1.54) is 38.5 Å². The average Bonchev–Trinajstić information content (AvgIpc) is 2.14. The zero-order chi connectivity index (χ0) is 13.9. The Kier molecular flexibility index (Phi) is 12.8. The Bertz CT molecular complexity index is 197. The summed E-state index contributed by atoms with van der Waals surface area (Å²) in [4.78, 5) is 23.9. The van der Waals surface area contributed by atoms with Gasteiger partial charge < -0.3 is 19.6 Å². The van der Waals surface area contributed by atoms with Crippen molar-refractivity contribution >= 4 is 7.82 Å². The second kappa shape index (κ2) is 11.2. The molecule has 0 saturated carbocycles. The number of unbranched alkanes of at least 4 members (excludes halogenated alkanes) is 2. The second-order valence-corrected chi connectivity index (χ2v) is 5.44. The second-order valence-electron chi connectivity index (χ2n) is 4.42. The molecule has 1 unspecified atom stereocenters. The molecule has 6 heteroatoms. The van der Waals surface area contributed by atoms with Crippen LogP contribution >= 0.6 is 7.82 Å². The highest BCUT2D eigenvalue weighted by Crippen LogP contribution is 2.25. The minimum atomic E-state index is -4.64. The maximum Gasteiger partial charge on any atom is 0.466 e. The average molecular weight is 269 g/mol. The minimum Gasteiger partial charge on any atom is -0.306 e. The summed E-state index contributed by atoms with van der Waals surface area (Å²) in [5.41, 5.74) is 0. The largest absolute Gasteiger partial charge is 0.466 e. The molecule has 0 rings (SSSR count). The van der Waals surface area contributed by atoms with Gasteiger partial charge in [-0.15, -0.1) is 0 Å². The molecule has 0 aromatic heterocycles. The van der Waals surface area contributed by atoms with Gasteiger partial charge in [0.1, 0.15) is 0 Å². The van der Waals surface area contributed by atoms with Crippen LogP contribution in [0.2, 0.25) is 0 Å². The molecule has 0 aliphatic carbocycles. The van der Waals surface area contributed by atoms with Crippen LogP contribution < -0.4 is 0 Å². The van der Waals surface area contributed by atoms with Crippen LogP contribution in [0.4, 0.5) is 0 Å². The van der Waals surface area contributed by atoms with Gasteiger partial charge >= 0.3 is 7.82 Å². The lowest BCUT2D eigenvalue weighted by Gasteiger charge is -2.23. The normalized spacial score (nSPS) is 13.2. The van der Waals surface area contributed by atoms with Crippen molar-refractivity contribution in [2.24, 2.45) is 0 Å². The van der Waals surface area contributed by atoms with E-state index >= 15 is 0 Å². The molecular weight excluding hydrogens is 241 g/mol. The molecule has 0 radical (unpaired) electrons. The zero-order valence-electron chi connectivity index (χ0n) is 11.5. The smallest absolute Gasteiger partial charge is 0.306 e. The van der Waals surface area contributed by atoms with Gasteiger partial charge in [0, 0.05) is 6.04 Å². The van der Waals surface area contributed by atoms with Crippen LogP contribution in [0, 0.1) is 0 Å². The molecule has 17 heavy (non-hydrogen) atoms. The third-order valence-electron chi connectivity index (χ3n) is 2.49. The summed E-state index contributed by atoms with van der Waals surface area (Å²) in [6.45, 7) is 4.54. The molecule has 0 amide bonds. The Morgan fingerprint density at radius 2 is 1.47 bits per heavy atom. The first-order valence-electron chi connectivity index (χ1n) is 6.17. The van der Waals surface area contributed by atoms with E-state index in [-0.39, 0.29) is 0 Å². The van der Waals surface area contributed by atoms with Crippen LogP contribution in [0.1, 0.15) is 52.4 Å². The summed E-state index contributed by atoms with van der Waals surface area (Å²) in [6, 6.07) is 0.821. The van der Waals surface area contributed by atoms with E-state index in [9.17, 15) is 0 Å². The van der Waals surface area contributed by atoms with Crippen LogP contribution in [0.15, 0.2) is 0 Å². The number of hydrogen-bond donors (Lipinski definition) is 3. The maximum absolute atomic E-state index is 8.88. The fraction of sp³-hybridized carbons (Fsp3) is 1.00. The third kappa shape index (κ3) is 21.8. The molecule has 3 N–H and O–H groups in total. The Morgan fingerprint density at radius 1 is 1.00 bits per heavy atom. The Labute approximate surface area is 105 Å². The van der Waals surface area contributed by atoms with Gasteiger partial charge in [-0.1, -0.05) is 39.5 Å². The first-order chi connectivity index (χ1) is 7.72. The van der Waals surface area contributed by atoms with Gasteiger partial charge in [0.15, 0.2) is 0 Å². The summed E-state index contributed by atoms with van der Waals surface area (Å²) >= 11 is 0. The predicted octanol–water partition coefficient (Wildman–Crippen LogP) is 2.37. The number of hydrogen-bond acceptors (Lipinski definition) is 2. The van der Waals surface area contributed by atoms with E-state index < -0.39 is 7.82 Å². The van der Waals surface area contributed by atoms with Crippen LogP contribution in [-0.4, -0.2) is 39.7 Å². The van der Waals surface area contributed by atoms with Crippen molar-refractivity contribution in [3.05, 3.63) is 0 Å². The Hall–Kier alpha value is 0.0700. The van der Waals surface area contributed by atoms with E-state index in [0.29, 0.717) is 0 Å². The van der Waals surface area contributed by atoms with Crippen LogP contribution in [0.3, 0.4) is 0 Å². The lowest BCUT2D eigenvalue weighted by atomic mass is 10.0. The number of nitrogens with zero attached hydrogens (tertiary/aromatic N) is 1. The standard InChI is InChI=1S/C11H25N.H3O4P/c1-5-7-8-10-11(9-6-2)12(3)4;1-5(2,3)4/h11H,5-10H2,1-4H3;(H3,1,2,3,4). The molecular formula is C11H28NO4P. The van der Waals surface area contributed by atoms with Gasteiger partial charge in [-0.05, 0) is 26.9 Å². The minimum absolute atomic E-state index is 0.821. The monoisotopic (exact) mass is 269 g/mol. The van der Waals surface area contributed by atoms with E-state index in [4.69, 9.17) is 19.2 Å². The molecule has 1 atom stereocenters. The van der Waals surface area contributed by atoms with Crippen molar-refractivity contribution in [2.45, 2.75) is 58.4 Å². The highest BCUT2D eigenvalue weighted by atomic mass is 31.2. The molecule has 0 aliphatic rings. The summed E-state index contributed by atoms with van der Waals surface area (Å²) in [5.74, 6) is 0. The SMILES string of the molecule is CCCCCC(CCC)N(C)C.O=P(O)(O)O. The first-order valence-corrected chi connectivity index (χ1v) is 7.73. The molecule has 0 heterocycles. The molecule has 0 spiro atoms. The molecule has 0 bridgehead atoms. The highest BCUT2D eigenvalue weighted by molar-refractivity contribution is 7.45. The van der Waals surface area contributed by atoms with Crippen LogP contribution in [-0.2, 0) is 4.57 Å². The van der Waals surface area contributed by atoms with Crippen molar-refractivity contribution in [2.75, 3.05) is 14.1 Å². The first kappa shape index (κ1) is 19.4. The van der Waals surface area contributed by atoms with E-state index in [1.807, 2.05) is 0 Å². The quantitative estimate of drug-likeness (QED) is 0.488. The number of phosphoric acid groups is 1. The van der Waals surface area contributed by atoms with Crippen LogP contribution in [0.25, 0.3) is 0 Å². The summed E-state index contributed by atoms with van der Waals surface area (Å²) in [6.07, 6.45) is 8.19. The topological polar surface area (TPSA) is 81.0 Å². The molecule has 106 valence electrons.